The van der Waals surface area contributed by atoms with E-state index in [1.54, 1.807) is 43.5 Å². The lowest BCUT2D eigenvalue weighted by molar-refractivity contribution is 0.215. The highest BCUT2D eigenvalue weighted by Gasteiger charge is 2.22. The minimum atomic E-state index is -0.949. The zero-order chi connectivity index (χ0) is 16.5. The maximum absolute atomic E-state index is 10.6. The molecule has 0 heterocycles. The number of aromatic hydroxyl groups is 1. The molecule has 1 unspecified atom stereocenters. The fourth-order valence-electron chi connectivity index (χ4n) is 2.29. The van der Waals surface area contributed by atoms with Crippen molar-refractivity contribution in [3.63, 3.8) is 0 Å². The number of hydrogen-bond acceptors (Lipinski definition) is 4. The second kappa shape index (κ2) is 5.89. The Kier molecular flexibility index (Phi) is 4.33. The average molecular weight is 301 g/mol. The predicted octanol–water partition coefficient (Wildman–Crippen LogP) is 3.36. The second-order valence-corrected chi connectivity index (χ2v) is 6.43. The fourth-order valence-corrected chi connectivity index (χ4v) is 2.29. The summed E-state index contributed by atoms with van der Waals surface area (Å²) in [7, 11) is 1.59. The Morgan fingerprint density at radius 3 is 2.18 bits per heavy atom. The molecule has 4 heteroatoms. The molecule has 22 heavy (non-hydrogen) atoms. The van der Waals surface area contributed by atoms with E-state index in [4.69, 9.17) is 10.5 Å². The number of benzene rings is 2. The van der Waals surface area contributed by atoms with Gasteiger partial charge >= 0.3 is 0 Å². The van der Waals surface area contributed by atoms with Crippen molar-refractivity contribution in [1.82, 2.24) is 0 Å². The number of ether oxygens (including phenoxy) is 1. The van der Waals surface area contributed by atoms with Gasteiger partial charge in [-0.25, -0.2) is 0 Å². The molecule has 0 saturated heterocycles. The molecular formula is C18H23NO3. The van der Waals surface area contributed by atoms with E-state index in [-0.39, 0.29) is 16.9 Å². The number of nitrogen functional groups attached to an aromatic ring is 1. The van der Waals surface area contributed by atoms with Gasteiger partial charge in [-0.3, -0.25) is 0 Å². The number of aliphatic hydroxyl groups is 1. The van der Waals surface area contributed by atoms with Crippen molar-refractivity contribution < 1.29 is 14.9 Å². The van der Waals surface area contributed by atoms with Crippen molar-refractivity contribution in [1.29, 1.82) is 0 Å². The minimum Gasteiger partial charge on any atom is -0.505 e. The van der Waals surface area contributed by atoms with Crippen molar-refractivity contribution in [3.8, 4) is 11.5 Å². The minimum absolute atomic E-state index is 0.0729. The highest BCUT2D eigenvalue weighted by Crippen LogP contribution is 2.38. The molecule has 0 fully saturated rings. The van der Waals surface area contributed by atoms with Gasteiger partial charge in [0.1, 0.15) is 17.6 Å². The van der Waals surface area contributed by atoms with E-state index in [1.165, 1.54) is 0 Å². The first-order valence-electron chi connectivity index (χ1n) is 7.19. The lowest BCUT2D eigenvalue weighted by Crippen LogP contribution is -2.13. The van der Waals surface area contributed by atoms with Gasteiger partial charge in [0.15, 0.2) is 0 Å². The average Bonchev–Trinajstić information content (AvgIpc) is 2.48. The number of anilines is 1. The van der Waals surface area contributed by atoms with Crippen LogP contribution in [-0.4, -0.2) is 17.3 Å². The normalized spacial score (nSPS) is 13.0. The Bertz CT molecular complexity index is 657. The largest absolute Gasteiger partial charge is 0.505 e. The van der Waals surface area contributed by atoms with Crippen LogP contribution in [0.15, 0.2) is 36.4 Å². The van der Waals surface area contributed by atoms with Crippen LogP contribution in [0, 0.1) is 0 Å². The third-order valence-corrected chi connectivity index (χ3v) is 3.76. The lowest BCUT2D eigenvalue weighted by atomic mass is 9.84. The number of methoxy groups -OCH3 is 1. The van der Waals surface area contributed by atoms with Crippen molar-refractivity contribution in [3.05, 3.63) is 53.1 Å². The number of hydrogen-bond donors (Lipinski definition) is 3. The van der Waals surface area contributed by atoms with Crippen LogP contribution in [0.1, 0.15) is 43.6 Å². The number of aliphatic hydroxyl groups excluding tert-OH is 1. The molecule has 4 N–H and O–H groups in total. The zero-order valence-corrected chi connectivity index (χ0v) is 13.4. The van der Waals surface area contributed by atoms with Gasteiger partial charge in [0, 0.05) is 5.56 Å². The molecular weight excluding hydrogens is 278 g/mol. The van der Waals surface area contributed by atoms with Crippen LogP contribution < -0.4 is 10.5 Å². The molecule has 2 rings (SSSR count). The van der Waals surface area contributed by atoms with Gasteiger partial charge in [0.25, 0.3) is 0 Å². The van der Waals surface area contributed by atoms with Crippen LogP contribution in [0.5, 0.6) is 11.5 Å². The summed E-state index contributed by atoms with van der Waals surface area (Å²) in [5.74, 6) is 0.638. The first-order chi connectivity index (χ1) is 10.2. The third kappa shape index (κ3) is 3.17. The van der Waals surface area contributed by atoms with Crippen LogP contribution in [0.4, 0.5) is 5.69 Å². The van der Waals surface area contributed by atoms with Crippen molar-refractivity contribution in [2.45, 2.75) is 32.3 Å². The quantitative estimate of drug-likeness (QED) is 0.600. The highest BCUT2D eigenvalue weighted by molar-refractivity contribution is 5.60. The Balaban J connectivity index is 2.47. The zero-order valence-electron chi connectivity index (χ0n) is 13.4. The first kappa shape index (κ1) is 16.2. The fraction of sp³-hybridized carbons (Fsp3) is 0.333. The van der Waals surface area contributed by atoms with Gasteiger partial charge in [-0.2, -0.15) is 0 Å². The SMILES string of the molecule is COc1ccc(C(O)c2cc(C(C)(C)C)cc(N)c2O)cc1. The van der Waals surface area contributed by atoms with Gasteiger partial charge in [0.05, 0.1) is 12.8 Å². The Hall–Kier alpha value is -2.20. The maximum Gasteiger partial charge on any atom is 0.144 e. The first-order valence-corrected chi connectivity index (χ1v) is 7.19. The standard InChI is InChI=1S/C18H23NO3/c1-18(2,3)12-9-14(17(21)15(19)10-12)16(20)11-5-7-13(22-4)8-6-11/h5-10,16,20-21H,19H2,1-4H3. The third-order valence-electron chi connectivity index (χ3n) is 3.76. The number of rotatable bonds is 3. The van der Waals surface area contributed by atoms with E-state index in [1.807, 2.05) is 0 Å². The molecule has 0 saturated carbocycles. The molecule has 0 spiro atoms. The molecule has 1 atom stereocenters. The van der Waals surface area contributed by atoms with E-state index in [0.717, 1.165) is 5.56 Å². The van der Waals surface area contributed by atoms with Crippen molar-refractivity contribution >= 4 is 5.69 Å². The van der Waals surface area contributed by atoms with Crippen molar-refractivity contribution in [2.75, 3.05) is 12.8 Å². The molecule has 0 aromatic heterocycles. The van der Waals surface area contributed by atoms with Crippen LogP contribution in [0.2, 0.25) is 0 Å². The summed E-state index contributed by atoms with van der Waals surface area (Å²) in [6, 6.07) is 10.6. The molecule has 2 aromatic carbocycles. The summed E-state index contributed by atoms with van der Waals surface area (Å²) in [5, 5.41) is 20.8. The van der Waals surface area contributed by atoms with E-state index in [9.17, 15) is 10.2 Å². The molecule has 0 bridgehead atoms. The Morgan fingerprint density at radius 1 is 1.09 bits per heavy atom. The van der Waals surface area contributed by atoms with Crippen LogP contribution >= 0.6 is 0 Å². The van der Waals surface area contributed by atoms with Gasteiger partial charge in [-0.1, -0.05) is 32.9 Å². The highest BCUT2D eigenvalue weighted by atomic mass is 16.5. The van der Waals surface area contributed by atoms with E-state index >= 15 is 0 Å². The number of phenols is 1. The Labute approximate surface area is 131 Å². The second-order valence-electron chi connectivity index (χ2n) is 6.43. The smallest absolute Gasteiger partial charge is 0.144 e. The predicted molar refractivity (Wildman–Crippen MR) is 88.3 cm³/mol. The van der Waals surface area contributed by atoms with Crippen molar-refractivity contribution in [2.24, 2.45) is 0 Å². The summed E-state index contributed by atoms with van der Waals surface area (Å²) >= 11 is 0. The van der Waals surface area contributed by atoms with E-state index in [2.05, 4.69) is 20.8 Å². The number of phenolic OH excluding ortho intramolecular Hbond substituents is 1. The summed E-state index contributed by atoms with van der Waals surface area (Å²) in [6.45, 7) is 6.17. The lowest BCUT2D eigenvalue weighted by Gasteiger charge is -2.23. The topological polar surface area (TPSA) is 75.7 Å². The maximum atomic E-state index is 10.6. The van der Waals surface area contributed by atoms with Gasteiger partial charge in [0.2, 0.25) is 0 Å². The summed E-state index contributed by atoms with van der Waals surface area (Å²) in [4.78, 5) is 0. The summed E-state index contributed by atoms with van der Waals surface area (Å²) < 4.78 is 5.11. The molecule has 0 aliphatic heterocycles. The summed E-state index contributed by atoms with van der Waals surface area (Å²) in [5.41, 5.74) is 8.09. The molecule has 0 aliphatic carbocycles. The van der Waals surface area contributed by atoms with Crippen LogP contribution in [0.3, 0.4) is 0 Å². The van der Waals surface area contributed by atoms with Gasteiger partial charge < -0.3 is 20.7 Å². The molecule has 0 aliphatic rings. The molecule has 0 radical (unpaired) electrons. The number of nitrogens with two attached hydrogens (primary N) is 1. The molecule has 118 valence electrons. The molecule has 2 aromatic rings. The van der Waals surface area contributed by atoms with Crippen LogP contribution in [-0.2, 0) is 5.41 Å². The van der Waals surface area contributed by atoms with E-state index < -0.39 is 6.10 Å². The monoisotopic (exact) mass is 301 g/mol. The molecule has 0 amide bonds. The molecule has 4 nitrogen and oxygen atoms in total. The Morgan fingerprint density at radius 2 is 1.68 bits per heavy atom. The van der Waals surface area contributed by atoms with E-state index in [0.29, 0.717) is 16.9 Å². The van der Waals surface area contributed by atoms with Gasteiger partial charge in [-0.15, -0.1) is 0 Å². The van der Waals surface area contributed by atoms with Crippen LogP contribution in [0.25, 0.3) is 0 Å². The van der Waals surface area contributed by atoms with Gasteiger partial charge in [-0.05, 0) is 40.8 Å². The summed E-state index contributed by atoms with van der Waals surface area (Å²) in [6.07, 6.45) is -0.949.